The van der Waals surface area contributed by atoms with Crippen molar-refractivity contribution in [2.24, 2.45) is 0 Å². The Hall–Kier alpha value is -1.94. The number of benzene rings is 2. The molecule has 1 atom stereocenters. The molecule has 4 heteroatoms. The van der Waals surface area contributed by atoms with Gasteiger partial charge in [-0.1, -0.05) is 23.8 Å². The maximum atomic E-state index is 13.2. The Balaban J connectivity index is 2.19. The van der Waals surface area contributed by atoms with E-state index in [4.69, 9.17) is 0 Å². The van der Waals surface area contributed by atoms with E-state index in [9.17, 15) is 13.9 Å². The minimum Gasteiger partial charge on any atom is -0.394 e. The van der Waals surface area contributed by atoms with Gasteiger partial charge in [-0.3, -0.25) is 0 Å². The lowest BCUT2D eigenvalue weighted by Gasteiger charge is -2.18. The Kier molecular flexibility index (Phi) is 4.12. The minimum atomic E-state index is -0.915. The predicted molar refractivity (Wildman–Crippen MR) is 71.0 cm³/mol. The van der Waals surface area contributed by atoms with Crippen molar-refractivity contribution in [2.45, 2.75) is 13.0 Å². The highest BCUT2D eigenvalue weighted by Crippen LogP contribution is 2.21. The monoisotopic (exact) mass is 263 g/mol. The predicted octanol–water partition coefficient (Wildman–Crippen LogP) is 3.42. The van der Waals surface area contributed by atoms with E-state index in [1.165, 1.54) is 6.07 Å². The van der Waals surface area contributed by atoms with Crippen LogP contribution in [0, 0.1) is 18.6 Å². The quantitative estimate of drug-likeness (QED) is 0.886. The normalized spacial score (nSPS) is 12.2. The molecular weight excluding hydrogens is 248 g/mol. The lowest BCUT2D eigenvalue weighted by molar-refractivity contribution is 0.276. The van der Waals surface area contributed by atoms with Gasteiger partial charge in [-0.25, -0.2) is 8.78 Å². The molecule has 0 aliphatic rings. The summed E-state index contributed by atoms with van der Waals surface area (Å²) in [6.07, 6.45) is 0. The molecule has 2 rings (SSSR count). The van der Waals surface area contributed by atoms with E-state index in [2.05, 4.69) is 5.32 Å². The molecule has 100 valence electrons. The molecule has 0 fully saturated rings. The van der Waals surface area contributed by atoms with E-state index in [1.54, 1.807) is 0 Å². The summed E-state index contributed by atoms with van der Waals surface area (Å²) in [6.45, 7) is 1.77. The summed E-state index contributed by atoms with van der Waals surface area (Å²) in [6, 6.07) is 10.7. The van der Waals surface area contributed by atoms with Crippen molar-refractivity contribution in [1.29, 1.82) is 0 Å². The smallest absolute Gasteiger partial charge is 0.159 e. The lowest BCUT2D eigenvalue weighted by Crippen LogP contribution is -2.15. The zero-order valence-electron chi connectivity index (χ0n) is 10.5. The van der Waals surface area contributed by atoms with Crippen LogP contribution in [0.3, 0.4) is 0 Å². The molecule has 0 heterocycles. The van der Waals surface area contributed by atoms with Gasteiger partial charge in [0, 0.05) is 5.69 Å². The van der Waals surface area contributed by atoms with E-state index >= 15 is 0 Å². The molecule has 0 saturated carbocycles. The fraction of sp³-hybridized carbons (Fsp3) is 0.200. The van der Waals surface area contributed by atoms with Crippen LogP contribution in [-0.2, 0) is 0 Å². The number of hydrogen-bond acceptors (Lipinski definition) is 2. The van der Waals surface area contributed by atoms with Gasteiger partial charge >= 0.3 is 0 Å². The Morgan fingerprint density at radius 2 is 1.74 bits per heavy atom. The third kappa shape index (κ3) is 3.29. The van der Waals surface area contributed by atoms with Gasteiger partial charge in [0.2, 0.25) is 0 Å². The molecule has 2 nitrogen and oxygen atoms in total. The summed E-state index contributed by atoms with van der Waals surface area (Å²) in [5.41, 5.74) is 2.44. The first kappa shape index (κ1) is 13.5. The van der Waals surface area contributed by atoms with Crippen molar-refractivity contribution < 1.29 is 13.9 Å². The van der Waals surface area contributed by atoms with E-state index in [0.717, 1.165) is 23.4 Å². The van der Waals surface area contributed by atoms with Crippen LogP contribution in [-0.4, -0.2) is 11.7 Å². The van der Waals surface area contributed by atoms with Crippen LogP contribution < -0.4 is 5.32 Å². The highest BCUT2D eigenvalue weighted by atomic mass is 19.2. The van der Waals surface area contributed by atoms with Crippen molar-refractivity contribution in [3.8, 4) is 0 Å². The fourth-order valence-corrected chi connectivity index (χ4v) is 1.81. The summed E-state index contributed by atoms with van der Waals surface area (Å²) >= 11 is 0. The number of nitrogens with one attached hydrogen (secondary N) is 1. The molecule has 1 unspecified atom stereocenters. The van der Waals surface area contributed by atoms with Crippen molar-refractivity contribution in [2.75, 3.05) is 11.9 Å². The summed E-state index contributed by atoms with van der Waals surface area (Å²) in [4.78, 5) is 0. The molecule has 0 radical (unpaired) electrons. The van der Waals surface area contributed by atoms with Crippen LogP contribution >= 0.6 is 0 Å². The molecule has 0 bridgehead atoms. The molecule has 19 heavy (non-hydrogen) atoms. The van der Waals surface area contributed by atoms with Crippen molar-refractivity contribution >= 4 is 5.69 Å². The lowest BCUT2D eigenvalue weighted by atomic mass is 10.1. The molecule has 0 saturated heterocycles. The van der Waals surface area contributed by atoms with Crippen LogP contribution in [0.2, 0.25) is 0 Å². The topological polar surface area (TPSA) is 32.3 Å². The highest BCUT2D eigenvalue weighted by molar-refractivity contribution is 5.46. The number of rotatable bonds is 4. The van der Waals surface area contributed by atoms with Gasteiger partial charge in [-0.2, -0.15) is 0 Å². The molecule has 0 aliphatic heterocycles. The first-order valence-electron chi connectivity index (χ1n) is 5.99. The van der Waals surface area contributed by atoms with Gasteiger partial charge in [0.1, 0.15) is 0 Å². The molecule has 2 N–H and O–H groups in total. The number of halogens is 2. The maximum Gasteiger partial charge on any atom is 0.159 e. The van der Waals surface area contributed by atoms with Crippen LogP contribution in [0.5, 0.6) is 0 Å². The summed E-state index contributed by atoms with van der Waals surface area (Å²) in [5.74, 6) is -1.81. The van der Waals surface area contributed by atoms with Gasteiger partial charge in [0.15, 0.2) is 11.6 Å². The average Bonchev–Trinajstić information content (AvgIpc) is 2.41. The van der Waals surface area contributed by atoms with Crippen LogP contribution in [0.25, 0.3) is 0 Å². The van der Waals surface area contributed by atoms with Crippen LogP contribution in [0.1, 0.15) is 17.2 Å². The second-order valence-electron chi connectivity index (χ2n) is 4.42. The third-order valence-corrected chi connectivity index (χ3v) is 2.92. The van der Waals surface area contributed by atoms with Gasteiger partial charge in [-0.05, 0) is 36.8 Å². The molecule has 0 amide bonds. The highest BCUT2D eigenvalue weighted by Gasteiger charge is 2.12. The van der Waals surface area contributed by atoms with E-state index in [1.807, 2.05) is 31.2 Å². The van der Waals surface area contributed by atoms with Gasteiger partial charge in [-0.15, -0.1) is 0 Å². The molecule has 0 aromatic heterocycles. The molecular formula is C15H15F2NO. The number of aliphatic hydroxyl groups is 1. The van der Waals surface area contributed by atoms with E-state index in [-0.39, 0.29) is 6.61 Å². The summed E-state index contributed by atoms with van der Waals surface area (Å²) < 4.78 is 26.1. The second-order valence-corrected chi connectivity index (χ2v) is 4.42. The summed E-state index contributed by atoms with van der Waals surface area (Å²) in [7, 11) is 0. The Labute approximate surface area is 110 Å². The first-order chi connectivity index (χ1) is 9.10. The van der Waals surface area contributed by atoms with Crippen molar-refractivity contribution in [3.05, 3.63) is 65.2 Å². The Morgan fingerprint density at radius 1 is 1.05 bits per heavy atom. The number of aryl methyl sites for hydroxylation is 1. The van der Waals surface area contributed by atoms with Crippen molar-refractivity contribution in [1.82, 2.24) is 0 Å². The maximum absolute atomic E-state index is 13.2. The van der Waals surface area contributed by atoms with Crippen molar-refractivity contribution in [3.63, 3.8) is 0 Å². The van der Waals surface area contributed by atoms with Crippen LogP contribution in [0.15, 0.2) is 42.5 Å². The molecule has 0 spiro atoms. The molecule has 2 aromatic rings. The Morgan fingerprint density at radius 3 is 2.32 bits per heavy atom. The minimum absolute atomic E-state index is 0.209. The molecule has 2 aromatic carbocycles. The summed E-state index contributed by atoms with van der Waals surface area (Å²) in [5, 5.41) is 12.5. The van der Waals surface area contributed by atoms with E-state index in [0.29, 0.717) is 5.56 Å². The van der Waals surface area contributed by atoms with Crippen LogP contribution in [0.4, 0.5) is 14.5 Å². The SMILES string of the molecule is Cc1ccc(NC(CO)c2ccc(F)c(F)c2)cc1. The largest absolute Gasteiger partial charge is 0.394 e. The van der Waals surface area contributed by atoms with Gasteiger partial charge in [0.05, 0.1) is 12.6 Å². The second kappa shape index (κ2) is 5.80. The first-order valence-corrected chi connectivity index (χ1v) is 5.99. The average molecular weight is 263 g/mol. The standard InChI is InChI=1S/C15H15F2NO/c1-10-2-5-12(6-3-10)18-15(9-19)11-4-7-13(16)14(17)8-11/h2-8,15,18-19H,9H2,1H3. The zero-order valence-corrected chi connectivity index (χ0v) is 10.5. The van der Waals surface area contributed by atoms with E-state index < -0.39 is 17.7 Å². The number of anilines is 1. The van der Waals surface area contributed by atoms with Gasteiger partial charge < -0.3 is 10.4 Å². The number of hydrogen-bond donors (Lipinski definition) is 2. The fourth-order valence-electron chi connectivity index (χ4n) is 1.81. The third-order valence-electron chi connectivity index (χ3n) is 2.92. The van der Waals surface area contributed by atoms with Gasteiger partial charge in [0.25, 0.3) is 0 Å². The Bertz CT molecular complexity index is 555. The molecule has 0 aliphatic carbocycles. The number of aliphatic hydroxyl groups excluding tert-OH is 1. The zero-order chi connectivity index (χ0) is 13.8.